The first kappa shape index (κ1) is 14.8. The first-order valence-electron chi connectivity index (χ1n) is 7.78. The van der Waals surface area contributed by atoms with Gasteiger partial charge in [-0.3, -0.25) is 4.79 Å². The summed E-state index contributed by atoms with van der Waals surface area (Å²) in [6, 6.07) is 0. The highest BCUT2D eigenvalue weighted by Crippen LogP contribution is 2.34. The van der Waals surface area contributed by atoms with Crippen molar-refractivity contribution >= 4 is 5.97 Å². The molecule has 1 N–H and O–H groups in total. The van der Waals surface area contributed by atoms with E-state index < -0.39 is 5.54 Å². The van der Waals surface area contributed by atoms with Gasteiger partial charge >= 0.3 is 5.97 Å². The lowest BCUT2D eigenvalue weighted by molar-refractivity contribution is -0.157. The molecule has 4 heteroatoms. The molecule has 2 rings (SSSR count). The topological polar surface area (TPSA) is 47.6 Å². The molecule has 0 spiro atoms. The van der Waals surface area contributed by atoms with Crippen molar-refractivity contribution in [2.45, 2.75) is 76.5 Å². The molecule has 2 fully saturated rings. The number of carbonyl (C=O) groups is 1. The van der Waals surface area contributed by atoms with E-state index in [4.69, 9.17) is 9.47 Å². The summed E-state index contributed by atoms with van der Waals surface area (Å²) in [4.78, 5) is 12.3. The van der Waals surface area contributed by atoms with Crippen LogP contribution in [0.2, 0.25) is 0 Å². The zero-order valence-corrected chi connectivity index (χ0v) is 12.2. The van der Waals surface area contributed by atoms with E-state index >= 15 is 0 Å². The van der Waals surface area contributed by atoms with E-state index in [1.807, 2.05) is 13.8 Å². The van der Waals surface area contributed by atoms with Gasteiger partial charge in [0.1, 0.15) is 5.54 Å². The summed E-state index contributed by atoms with van der Waals surface area (Å²) < 4.78 is 11.4. The van der Waals surface area contributed by atoms with E-state index in [0.717, 1.165) is 32.2 Å². The zero-order valence-electron chi connectivity index (χ0n) is 12.2. The second-order valence-electron chi connectivity index (χ2n) is 5.74. The van der Waals surface area contributed by atoms with Crippen molar-refractivity contribution in [3.8, 4) is 0 Å². The number of likely N-dealkylation sites (N-methyl/N-ethyl adjacent to an activating group) is 1. The van der Waals surface area contributed by atoms with Gasteiger partial charge in [-0.05, 0) is 52.0 Å². The van der Waals surface area contributed by atoms with Gasteiger partial charge < -0.3 is 14.8 Å². The van der Waals surface area contributed by atoms with Gasteiger partial charge in [0, 0.05) is 6.42 Å². The Morgan fingerprint density at radius 3 is 2.53 bits per heavy atom. The summed E-state index contributed by atoms with van der Waals surface area (Å²) in [5.74, 6) is -0.0984. The van der Waals surface area contributed by atoms with Crippen molar-refractivity contribution in [2.75, 3.05) is 13.2 Å². The van der Waals surface area contributed by atoms with Crippen LogP contribution in [-0.4, -0.2) is 36.9 Å². The third-order valence-corrected chi connectivity index (χ3v) is 4.32. The van der Waals surface area contributed by atoms with Crippen molar-refractivity contribution in [3.05, 3.63) is 0 Å². The third-order valence-electron chi connectivity index (χ3n) is 4.32. The van der Waals surface area contributed by atoms with Crippen molar-refractivity contribution in [2.24, 2.45) is 0 Å². The fourth-order valence-corrected chi connectivity index (χ4v) is 3.15. The summed E-state index contributed by atoms with van der Waals surface area (Å²) in [5, 5.41) is 3.37. The van der Waals surface area contributed by atoms with Crippen LogP contribution in [0.4, 0.5) is 0 Å². The third kappa shape index (κ3) is 3.48. The lowest BCUT2D eigenvalue weighted by atomic mass is 9.79. The van der Waals surface area contributed by atoms with Gasteiger partial charge in [0.05, 0.1) is 18.8 Å². The van der Waals surface area contributed by atoms with Crippen molar-refractivity contribution in [1.29, 1.82) is 0 Å². The second-order valence-corrected chi connectivity index (χ2v) is 5.74. The monoisotopic (exact) mass is 269 g/mol. The Morgan fingerprint density at radius 2 is 1.95 bits per heavy atom. The number of nitrogens with one attached hydrogen (secondary N) is 1. The molecule has 0 bridgehead atoms. The van der Waals surface area contributed by atoms with Gasteiger partial charge in [-0.2, -0.15) is 0 Å². The minimum atomic E-state index is -0.516. The molecule has 2 aliphatic rings. The molecule has 0 radical (unpaired) electrons. The van der Waals surface area contributed by atoms with Gasteiger partial charge in [-0.25, -0.2) is 0 Å². The van der Waals surface area contributed by atoms with Crippen LogP contribution in [0.25, 0.3) is 0 Å². The fraction of sp³-hybridized carbons (Fsp3) is 0.933. The predicted molar refractivity (Wildman–Crippen MR) is 74.0 cm³/mol. The largest absolute Gasteiger partial charge is 0.465 e. The van der Waals surface area contributed by atoms with Gasteiger partial charge in [-0.15, -0.1) is 0 Å². The quantitative estimate of drug-likeness (QED) is 0.752. The fourth-order valence-electron chi connectivity index (χ4n) is 3.15. The zero-order chi connectivity index (χ0) is 13.7. The number of rotatable bonds is 6. The smallest absolute Gasteiger partial charge is 0.326 e. The number of esters is 1. The Hall–Kier alpha value is -0.610. The van der Waals surface area contributed by atoms with Crippen LogP contribution in [0.1, 0.15) is 58.8 Å². The molecule has 0 aliphatic heterocycles. The predicted octanol–water partition coefficient (Wildman–Crippen LogP) is 2.41. The molecule has 2 saturated carbocycles. The molecule has 0 saturated heterocycles. The minimum Gasteiger partial charge on any atom is -0.465 e. The van der Waals surface area contributed by atoms with Crippen LogP contribution < -0.4 is 5.32 Å². The van der Waals surface area contributed by atoms with E-state index in [1.165, 1.54) is 19.3 Å². The van der Waals surface area contributed by atoms with Crippen LogP contribution in [0.15, 0.2) is 0 Å². The Bertz CT molecular complexity index is 300. The average molecular weight is 269 g/mol. The Morgan fingerprint density at radius 1 is 1.21 bits per heavy atom. The Kier molecular flexibility index (Phi) is 5.22. The summed E-state index contributed by atoms with van der Waals surface area (Å²) in [7, 11) is 0. The molecule has 0 aromatic rings. The molecule has 19 heavy (non-hydrogen) atoms. The van der Waals surface area contributed by atoms with E-state index in [2.05, 4.69) is 5.32 Å². The molecule has 2 aliphatic carbocycles. The molecule has 0 heterocycles. The van der Waals surface area contributed by atoms with E-state index in [-0.39, 0.29) is 12.1 Å². The number of carbonyl (C=O) groups excluding carboxylic acids is 1. The molecule has 0 aromatic carbocycles. The lowest BCUT2D eigenvalue weighted by Crippen LogP contribution is -2.57. The molecule has 0 aromatic heterocycles. The Labute approximate surface area is 116 Å². The van der Waals surface area contributed by atoms with Crippen LogP contribution in [0.5, 0.6) is 0 Å². The SMILES string of the molecule is CCNC1(C(=O)OCC)CCCC(OC2CCC2)C1. The number of hydrogen-bond acceptors (Lipinski definition) is 4. The van der Waals surface area contributed by atoms with E-state index in [9.17, 15) is 4.79 Å². The van der Waals surface area contributed by atoms with Crippen LogP contribution in [-0.2, 0) is 14.3 Å². The molecule has 110 valence electrons. The van der Waals surface area contributed by atoms with E-state index in [1.54, 1.807) is 0 Å². The highest BCUT2D eigenvalue weighted by Gasteiger charge is 2.44. The Balaban J connectivity index is 1.97. The molecule has 4 nitrogen and oxygen atoms in total. The standard InChI is InChI=1S/C15H27NO3/c1-3-16-15(14(17)18-4-2)10-6-9-13(11-15)19-12-7-5-8-12/h12-13,16H,3-11H2,1-2H3. The maximum absolute atomic E-state index is 12.3. The van der Waals surface area contributed by atoms with Crippen LogP contribution in [0, 0.1) is 0 Å². The minimum absolute atomic E-state index is 0.0984. The van der Waals surface area contributed by atoms with Crippen LogP contribution >= 0.6 is 0 Å². The van der Waals surface area contributed by atoms with Gasteiger partial charge in [0.25, 0.3) is 0 Å². The van der Waals surface area contributed by atoms with Crippen molar-refractivity contribution < 1.29 is 14.3 Å². The van der Waals surface area contributed by atoms with E-state index in [0.29, 0.717) is 12.7 Å². The maximum atomic E-state index is 12.3. The number of hydrogen-bond donors (Lipinski definition) is 1. The molecular formula is C15H27NO3. The highest BCUT2D eigenvalue weighted by molar-refractivity contribution is 5.81. The lowest BCUT2D eigenvalue weighted by Gasteiger charge is -2.41. The molecule has 0 amide bonds. The van der Waals surface area contributed by atoms with Crippen molar-refractivity contribution in [3.63, 3.8) is 0 Å². The summed E-state index contributed by atoms with van der Waals surface area (Å²) in [6.45, 7) is 5.13. The second kappa shape index (κ2) is 6.71. The number of ether oxygens (including phenoxy) is 2. The summed E-state index contributed by atoms with van der Waals surface area (Å²) in [5.41, 5.74) is -0.516. The van der Waals surface area contributed by atoms with Gasteiger partial charge in [-0.1, -0.05) is 6.92 Å². The van der Waals surface area contributed by atoms with Gasteiger partial charge in [0.2, 0.25) is 0 Å². The first-order chi connectivity index (χ1) is 9.20. The highest BCUT2D eigenvalue weighted by atomic mass is 16.5. The summed E-state index contributed by atoms with van der Waals surface area (Å²) >= 11 is 0. The van der Waals surface area contributed by atoms with Crippen LogP contribution in [0.3, 0.4) is 0 Å². The first-order valence-corrected chi connectivity index (χ1v) is 7.78. The average Bonchev–Trinajstić information content (AvgIpc) is 2.35. The summed E-state index contributed by atoms with van der Waals surface area (Å²) in [6.07, 6.45) is 8.03. The maximum Gasteiger partial charge on any atom is 0.326 e. The van der Waals surface area contributed by atoms with Gasteiger partial charge in [0.15, 0.2) is 0 Å². The van der Waals surface area contributed by atoms with Crippen molar-refractivity contribution in [1.82, 2.24) is 5.32 Å². The molecule has 2 atom stereocenters. The molecule has 2 unspecified atom stereocenters. The normalized spacial score (nSPS) is 31.8. The molecular weight excluding hydrogens is 242 g/mol.